The number of nitrogens with one attached hydrogen (secondary N) is 2. The van der Waals surface area contributed by atoms with Crippen molar-refractivity contribution in [1.29, 1.82) is 0 Å². The zero-order valence-electron chi connectivity index (χ0n) is 14.5. The molecule has 138 valence electrons. The summed E-state index contributed by atoms with van der Waals surface area (Å²) in [7, 11) is -1.46. The molecule has 1 aliphatic heterocycles. The summed E-state index contributed by atoms with van der Waals surface area (Å²) >= 11 is 0. The lowest BCUT2D eigenvalue weighted by atomic mass is 10.0. The molecule has 6 nitrogen and oxygen atoms in total. The molecular formula is C19H22N2O4S. The van der Waals surface area contributed by atoms with Gasteiger partial charge in [-0.25, -0.2) is 8.42 Å². The molecule has 1 aliphatic rings. The van der Waals surface area contributed by atoms with Crippen LogP contribution in [-0.4, -0.2) is 39.0 Å². The average molecular weight is 374 g/mol. The Labute approximate surface area is 153 Å². The third-order valence-electron chi connectivity index (χ3n) is 4.37. The Morgan fingerprint density at radius 2 is 1.92 bits per heavy atom. The first-order valence-corrected chi connectivity index (χ1v) is 10.3. The smallest absolute Gasteiger partial charge is 0.246 e. The van der Waals surface area contributed by atoms with Crippen molar-refractivity contribution < 1.29 is 17.9 Å². The van der Waals surface area contributed by atoms with Crippen molar-refractivity contribution in [1.82, 2.24) is 5.32 Å². The minimum absolute atomic E-state index is 0.0583. The van der Waals surface area contributed by atoms with Crippen molar-refractivity contribution in [3.8, 4) is 5.75 Å². The topological polar surface area (TPSA) is 84.5 Å². The highest BCUT2D eigenvalue weighted by Crippen LogP contribution is 2.22. The highest BCUT2D eigenvalue weighted by Gasteiger charge is 2.32. The van der Waals surface area contributed by atoms with Crippen molar-refractivity contribution in [2.45, 2.75) is 18.5 Å². The van der Waals surface area contributed by atoms with Gasteiger partial charge in [-0.15, -0.1) is 0 Å². The van der Waals surface area contributed by atoms with E-state index in [1.165, 1.54) is 0 Å². The third kappa shape index (κ3) is 4.62. The summed E-state index contributed by atoms with van der Waals surface area (Å²) < 4.78 is 28.7. The van der Waals surface area contributed by atoms with E-state index in [1.54, 1.807) is 31.4 Å². The van der Waals surface area contributed by atoms with Gasteiger partial charge in [-0.3, -0.25) is 10.1 Å². The maximum Gasteiger partial charge on any atom is 0.246 e. The third-order valence-corrected chi connectivity index (χ3v) is 6.14. The molecule has 0 aliphatic carbocycles. The number of carbonyl (C=O) groups excluding carboxylic acids is 1. The summed E-state index contributed by atoms with van der Waals surface area (Å²) in [5.74, 6) is 0.620. The highest BCUT2D eigenvalue weighted by molar-refractivity contribution is 7.91. The first-order chi connectivity index (χ1) is 12.5. The summed E-state index contributed by atoms with van der Waals surface area (Å²) in [4.78, 5) is 12.9. The van der Waals surface area contributed by atoms with Crippen LogP contribution in [0.5, 0.6) is 5.75 Å². The van der Waals surface area contributed by atoms with Crippen molar-refractivity contribution in [2.24, 2.45) is 0 Å². The van der Waals surface area contributed by atoms with Crippen LogP contribution in [0.4, 0.5) is 5.69 Å². The van der Waals surface area contributed by atoms with E-state index in [2.05, 4.69) is 10.6 Å². The normalized spacial score (nSPS) is 19.7. The zero-order valence-corrected chi connectivity index (χ0v) is 15.3. The molecule has 0 radical (unpaired) electrons. The van der Waals surface area contributed by atoms with E-state index in [0.29, 0.717) is 17.9 Å². The molecule has 1 amide bonds. The van der Waals surface area contributed by atoms with Gasteiger partial charge < -0.3 is 10.1 Å². The number of anilines is 1. The molecular weight excluding hydrogens is 352 g/mol. The fourth-order valence-corrected chi connectivity index (χ4v) is 4.73. The predicted octanol–water partition coefficient (Wildman–Crippen LogP) is 2.15. The molecule has 0 saturated carbocycles. The van der Waals surface area contributed by atoms with Crippen LogP contribution < -0.4 is 15.4 Å². The van der Waals surface area contributed by atoms with E-state index in [4.69, 9.17) is 4.74 Å². The van der Waals surface area contributed by atoms with Gasteiger partial charge in [0.2, 0.25) is 5.91 Å². The molecule has 1 saturated heterocycles. The molecule has 3 rings (SSSR count). The minimum atomic E-state index is -3.03. The number of hydrogen-bond acceptors (Lipinski definition) is 5. The summed E-state index contributed by atoms with van der Waals surface area (Å²) in [5.41, 5.74) is 1.41. The molecule has 2 aromatic carbocycles. The first-order valence-electron chi connectivity index (χ1n) is 8.43. The molecule has 2 atom stereocenters. The molecule has 26 heavy (non-hydrogen) atoms. The fourth-order valence-electron chi connectivity index (χ4n) is 3.05. The van der Waals surface area contributed by atoms with E-state index in [9.17, 15) is 13.2 Å². The lowest BCUT2D eigenvalue weighted by molar-refractivity contribution is -0.118. The Hall–Kier alpha value is -2.38. The number of rotatable bonds is 6. The van der Waals surface area contributed by atoms with Gasteiger partial charge in [-0.05, 0) is 24.1 Å². The van der Waals surface area contributed by atoms with Crippen LogP contribution in [-0.2, 0) is 14.6 Å². The standard InChI is InChI=1S/C19H22N2O4S/c1-25-17-9-5-8-15(12-17)21-19(22)18(14-6-3-2-4-7-14)20-16-10-11-26(23,24)13-16/h2-9,12,16,18,20H,10-11,13H2,1H3,(H,21,22). The molecule has 0 aromatic heterocycles. The van der Waals surface area contributed by atoms with Crippen molar-refractivity contribution in [3.63, 3.8) is 0 Å². The molecule has 1 heterocycles. The lowest BCUT2D eigenvalue weighted by Crippen LogP contribution is -2.40. The zero-order chi connectivity index (χ0) is 18.6. The van der Waals surface area contributed by atoms with Gasteiger partial charge in [0.25, 0.3) is 0 Å². The van der Waals surface area contributed by atoms with Gasteiger partial charge >= 0.3 is 0 Å². The van der Waals surface area contributed by atoms with E-state index < -0.39 is 15.9 Å². The van der Waals surface area contributed by atoms with Crippen LogP contribution in [0.1, 0.15) is 18.0 Å². The summed E-state index contributed by atoms with van der Waals surface area (Å²) in [6.45, 7) is 0. The molecule has 2 unspecified atom stereocenters. The van der Waals surface area contributed by atoms with Gasteiger partial charge in [0.1, 0.15) is 11.8 Å². The molecule has 2 N–H and O–H groups in total. The SMILES string of the molecule is COc1cccc(NC(=O)C(NC2CCS(=O)(=O)C2)c2ccccc2)c1. The fraction of sp³-hybridized carbons (Fsp3) is 0.316. The van der Waals surface area contributed by atoms with Gasteiger partial charge in [0, 0.05) is 17.8 Å². The van der Waals surface area contributed by atoms with Crippen LogP contribution in [0.2, 0.25) is 0 Å². The van der Waals surface area contributed by atoms with E-state index in [-0.39, 0.29) is 23.5 Å². The molecule has 7 heteroatoms. The van der Waals surface area contributed by atoms with Gasteiger partial charge in [0.15, 0.2) is 9.84 Å². The van der Waals surface area contributed by atoms with E-state index >= 15 is 0 Å². The molecule has 1 fully saturated rings. The number of amides is 1. The Morgan fingerprint density at radius 3 is 2.58 bits per heavy atom. The lowest BCUT2D eigenvalue weighted by Gasteiger charge is -2.22. The van der Waals surface area contributed by atoms with Crippen LogP contribution >= 0.6 is 0 Å². The van der Waals surface area contributed by atoms with Crippen molar-refractivity contribution in [3.05, 3.63) is 60.2 Å². The van der Waals surface area contributed by atoms with E-state index in [1.807, 2.05) is 30.3 Å². The highest BCUT2D eigenvalue weighted by atomic mass is 32.2. The van der Waals surface area contributed by atoms with Crippen molar-refractivity contribution >= 4 is 21.4 Å². The van der Waals surface area contributed by atoms with Gasteiger partial charge in [-0.2, -0.15) is 0 Å². The summed E-state index contributed by atoms with van der Waals surface area (Å²) in [5, 5.41) is 6.09. The number of benzene rings is 2. The second-order valence-electron chi connectivity index (χ2n) is 6.33. The molecule has 0 spiro atoms. The minimum Gasteiger partial charge on any atom is -0.497 e. The van der Waals surface area contributed by atoms with Crippen LogP contribution in [0, 0.1) is 0 Å². The number of carbonyl (C=O) groups is 1. The number of methoxy groups -OCH3 is 1. The number of hydrogen-bond donors (Lipinski definition) is 2. The van der Waals surface area contributed by atoms with Crippen LogP contribution in [0.15, 0.2) is 54.6 Å². The predicted molar refractivity (Wildman–Crippen MR) is 101 cm³/mol. The molecule has 2 aromatic rings. The van der Waals surface area contributed by atoms with Gasteiger partial charge in [-0.1, -0.05) is 36.4 Å². The molecule has 0 bridgehead atoms. The second-order valence-corrected chi connectivity index (χ2v) is 8.56. The summed E-state index contributed by atoms with van der Waals surface area (Å²) in [6, 6.07) is 15.5. The Morgan fingerprint density at radius 1 is 1.15 bits per heavy atom. The first kappa shape index (κ1) is 18.4. The Kier molecular flexibility index (Phi) is 5.58. The van der Waals surface area contributed by atoms with E-state index in [0.717, 1.165) is 5.56 Å². The van der Waals surface area contributed by atoms with Crippen molar-refractivity contribution in [2.75, 3.05) is 23.9 Å². The average Bonchev–Trinajstić information content (AvgIpc) is 2.99. The van der Waals surface area contributed by atoms with Gasteiger partial charge in [0.05, 0.1) is 18.6 Å². The number of sulfone groups is 1. The summed E-state index contributed by atoms with van der Waals surface area (Å²) in [6.07, 6.45) is 0.512. The van der Waals surface area contributed by atoms with Crippen LogP contribution in [0.3, 0.4) is 0 Å². The maximum atomic E-state index is 12.9. The Bertz CT molecular complexity index is 868. The monoisotopic (exact) mass is 374 g/mol. The Balaban J connectivity index is 1.79. The second kappa shape index (κ2) is 7.88. The largest absolute Gasteiger partial charge is 0.497 e. The number of ether oxygens (including phenoxy) is 1. The quantitative estimate of drug-likeness (QED) is 0.809. The van der Waals surface area contributed by atoms with Crippen LogP contribution in [0.25, 0.3) is 0 Å². The maximum absolute atomic E-state index is 12.9.